The fourth-order valence-corrected chi connectivity index (χ4v) is 15.0. The molecule has 534 valence electrons. The van der Waals surface area contributed by atoms with Crippen LogP contribution in [-0.2, 0) is 64.8 Å². The van der Waals surface area contributed by atoms with Crippen molar-refractivity contribution in [2.24, 2.45) is 9.98 Å². The van der Waals surface area contributed by atoms with Crippen molar-refractivity contribution in [3.05, 3.63) is 166 Å². The molecule has 98 heavy (non-hydrogen) atoms. The molecule has 2 fully saturated rings. The first-order chi connectivity index (χ1) is 47.1. The van der Waals surface area contributed by atoms with Crippen LogP contribution < -0.4 is 20.1 Å². The molecule has 4 aromatic carbocycles. The second kappa shape index (κ2) is 38.0. The molecule has 20 nitrogen and oxygen atoms in total. The standard InChI is InChI=1S/C37H50N4O6S.C35H46N4O6S.C2H4Cl2/c1-6-9-11-30-13-14-31(27-33(30)47-23-10-7-2)34-38-36(43)37(39-34)17-19-41(20-18-37)48(44,45)25-16-29-12-15-32(26-28(29)4)35(42)40(5)21-24-46-22-8-3;1-4-5-9-28-11-12-29-25-31(28)45-21-8-6-7-20-44-22-19-38(3)33(40)30-13-10-27(26(2)24-30)14-23-46(42,43)39-17-15-35(16-18-39)34(41)36-32(29)37-35;3-1-2-4/h7-8,12-15,26-27H,2-3,6,9-11,16-25H2,1,4-5H3,(H,38,39,43);7,10-13,20,24-25H,4-6,8-9,14-19,21-23H2,1-3H3,(H,36,37,41);1-2H2. The van der Waals surface area contributed by atoms with Gasteiger partial charge in [-0.3, -0.25) is 29.2 Å². The molecule has 0 unspecified atom stereocenters. The number of aryl methyl sites for hydroxylation is 6. The van der Waals surface area contributed by atoms with Gasteiger partial charge < -0.3 is 39.4 Å². The van der Waals surface area contributed by atoms with Crippen LogP contribution in [0.5, 0.6) is 11.5 Å². The average molecular weight is 1430 g/mol. The number of halogens is 2. The number of amides is 4. The van der Waals surface area contributed by atoms with E-state index in [1.807, 2.05) is 74.5 Å². The minimum absolute atomic E-state index is 0.0488. The molecule has 7 aliphatic rings. The Labute approximate surface area is 591 Å². The van der Waals surface area contributed by atoms with E-state index in [0.717, 1.165) is 114 Å². The van der Waals surface area contributed by atoms with Crippen LogP contribution in [0.1, 0.15) is 150 Å². The number of unbranched alkanes of at least 4 members (excludes halogenated alkanes) is 2. The third kappa shape index (κ3) is 21.5. The number of amidine groups is 2. The average Bonchev–Trinajstić information content (AvgIpc) is 1.68. The highest BCUT2D eigenvalue weighted by molar-refractivity contribution is 7.89. The molecule has 0 saturated carbocycles. The summed E-state index contributed by atoms with van der Waals surface area (Å²) < 4.78 is 79.8. The molecule has 11 rings (SSSR count). The number of sulfonamides is 2. The van der Waals surface area contributed by atoms with Gasteiger partial charge in [-0.25, -0.2) is 25.4 Å². The van der Waals surface area contributed by atoms with Gasteiger partial charge >= 0.3 is 0 Å². The first kappa shape index (κ1) is 78.4. The van der Waals surface area contributed by atoms with E-state index in [2.05, 4.69) is 43.7 Å². The van der Waals surface area contributed by atoms with Gasteiger partial charge in [-0.2, -0.15) is 0 Å². The van der Waals surface area contributed by atoms with E-state index in [1.165, 1.54) is 8.61 Å². The molecule has 2 saturated heterocycles. The zero-order chi connectivity index (χ0) is 70.9. The van der Waals surface area contributed by atoms with Crippen molar-refractivity contribution in [3.63, 3.8) is 0 Å². The molecule has 7 aliphatic heterocycles. The lowest BCUT2D eigenvalue weighted by atomic mass is 9.89. The van der Waals surface area contributed by atoms with Gasteiger partial charge in [0.15, 0.2) is 0 Å². The molecule has 0 aliphatic carbocycles. The van der Waals surface area contributed by atoms with Crippen LogP contribution in [0, 0.1) is 13.8 Å². The summed E-state index contributed by atoms with van der Waals surface area (Å²) in [5.74, 6) is 2.97. The minimum Gasteiger partial charge on any atom is -0.500 e. The molecular weight excluding hydrogens is 1330 g/mol. The second-order valence-corrected chi connectivity index (χ2v) is 30.2. The number of nitrogens with zero attached hydrogens (tertiary/aromatic N) is 6. The van der Waals surface area contributed by atoms with Crippen LogP contribution in [0.4, 0.5) is 0 Å². The summed E-state index contributed by atoms with van der Waals surface area (Å²) in [5, 5.41) is 5.94. The number of alkyl halides is 2. The molecule has 0 atom stereocenters. The third-order valence-corrected chi connectivity index (χ3v) is 22.5. The Hall–Kier alpha value is -6.92. The molecule has 4 aromatic rings. The number of hydrogen-bond acceptors (Lipinski definition) is 14. The Balaban J connectivity index is 0.000000262. The SMILES string of the molecule is C=CCCOc1cc(C2=NC3(CCN(S(=O)(=O)CCc4ccc(C(=O)N(C)CCOCC=C)cc4C)CC3)C(=O)N2)ccc1CCCC.CCCCc1ccc2cc1OCCCC=COCCN(C)C(=O)c1ccc(c(C)c1)CCS(=O)(=O)N1CCC3(CC1)N=C2NC3=O.ClCCCl. The number of hydrogen-bond donors (Lipinski definition) is 2. The number of fused-ring (bicyclic) bond motifs is 2. The maximum absolute atomic E-state index is 13.4. The Morgan fingerprint density at radius 1 is 0.755 bits per heavy atom. The largest absolute Gasteiger partial charge is 0.500 e. The predicted octanol–water partition coefficient (Wildman–Crippen LogP) is 10.7. The maximum Gasteiger partial charge on any atom is 0.253 e. The van der Waals surface area contributed by atoms with Gasteiger partial charge in [0.2, 0.25) is 20.0 Å². The van der Waals surface area contributed by atoms with Crippen LogP contribution in [0.3, 0.4) is 0 Å². The van der Waals surface area contributed by atoms with Crippen molar-refractivity contribution in [2.75, 3.05) is 110 Å². The fourth-order valence-electron chi connectivity index (χ4n) is 12.1. The van der Waals surface area contributed by atoms with Crippen molar-refractivity contribution < 1.29 is 55.0 Å². The van der Waals surface area contributed by atoms with Crippen LogP contribution in [-0.4, -0.2) is 191 Å². The molecule has 0 radical (unpaired) electrons. The summed E-state index contributed by atoms with van der Waals surface area (Å²) in [6, 6.07) is 22.7. The van der Waals surface area contributed by atoms with Crippen molar-refractivity contribution in [3.8, 4) is 11.5 Å². The Morgan fingerprint density at radius 3 is 2.00 bits per heavy atom. The quantitative estimate of drug-likeness (QED) is 0.0425. The monoisotopic (exact) mass is 1430 g/mol. The normalized spacial score (nSPS) is 19.4. The van der Waals surface area contributed by atoms with Gasteiger partial charge in [0.25, 0.3) is 23.6 Å². The number of nitrogens with one attached hydrogen (secondary N) is 2. The van der Waals surface area contributed by atoms with Crippen LogP contribution in [0.2, 0.25) is 0 Å². The first-order valence-corrected chi connectivity index (χ1v) is 38.5. The number of piperidine rings is 2. The summed E-state index contributed by atoms with van der Waals surface area (Å²) in [4.78, 5) is 65.4. The van der Waals surface area contributed by atoms with Crippen molar-refractivity contribution >= 4 is 78.5 Å². The highest BCUT2D eigenvalue weighted by Crippen LogP contribution is 2.36. The van der Waals surface area contributed by atoms with E-state index < -0.39 is 31.1 Å². The number of rotatable bonds is 22. The summed E-state index contributed by atoms with van der Waals surface area (Å²) in [6.45, 7) is 19.5. The number of aliphatic imine (C=N–C) groups is 2. The molecule has 7 heterocycles. The van der Waals surface area contributed by atoms with E-state index in [9.17, 15) is 36.0 Å². The van der Waals surface area contributed by atoms with Gasteiger partial charge in [0.1, 0.15) is 40.9 Å². The van der Waals surface area contributed by atoms with Crippen molar-refractivity contribution in [1.82, 2.24) is 29.0 Å². The Morgan fingerprint density at radius 2 is 1.38 bits per heavy atom. The van der Waals surface area contributed by atoms with Crippen LogP contribution in [0.25, 0.3) is 0 Å². The zero-order valence-corrected chi connectivity index (χ0v) is 61.2. The Bertz CT molecular complexity index is 3730. The number of benzene rings is 4. The zero-order valence-electron chi connectivity index (χ0n) is 58.0. The van der Waals surface area contributed by atoms with Gasteiger partial charge in [0.05, 0.1) is 50.7 Å². The number of ether oxygens (including phenoxy) is 4. The van der Waals surface area contributed by atoms with Gasteiger partial charge in [-0.15, -0.1) is 36.4 Å². The number of allylic oxidation sites excluding steroid dienone is 1. The lowest BCUT2D eigenvalue weighted by Gasteiger charge is -2.34. The fraction of sp³-hybridized carbons (Fsp3) is 0.514. The molecule has 7 bridgehead atoms. The number of likely N-dealkylation sites (N-methyl/N-ethyl adjacent to an activating group) is 2. The van der Waals surface area contributed by atoms with Crippen LogP contribution in [0.15, 0.2) is 120 Å². The summed E-state index contributed by atoms with van der Waals surface area (Å²) in [7, 11) is -3.67. The smallest absolute Gasteiger partial charge is 0.253 e. The van der Waals surface area contributed by atoms with Crippen LogP contribution >= 0.6 is 23.2 Å². The lowest BCUT2D eigenvalue weighted by molar-refractivity contribution is -0.125. The number of carbonyl (C=O) groups is 4. The summed E-state index contributed by atoms with van der Waals surface area (Å²) in [5.41, 5.74) is 6.43. The summed E-state index contributed by atoms with van der Waals surface area (Å²) in [6.07, 6.45) is 17.4. The molecule has 2 spiro atoms. The molecule has 24 heteroatoms. The minimum atomic E-state index is -3.58. The third-order valence-electron chi connectivity index (χ3n) is 18.2. The van der Waals surface area contributed by atoms with E-state index in [1.54, 1.807) is 54.4 Å². The first-order valence-electron chi connectivity index (χ1n) is 34.3. The van der Waals surface area contributed by atoms with E-state index in [4.69, 9.17) is 52.1 Å². The summed E-state index contributed by atoms with van der Waals surface area (Å²) >= 11 is 10.1. The highest BCUT2D eigenvalue weighted by Gasteiger charge is 2.49. The van der Waals surface area contributed by atoms with Gasteiger partial charge in [0, 0.05) is 80.8 Å². The second-order valence-electron chi connectivity index (χ2n) is 25.3. The van der Waals surface area contributed by atoms with Crippen molar-refractivity contribution in [2.45, 2.75) is 135 Å². The predicted molar refractivity (Wildman–Crippen MR) is 390 cm³/mol. The van der Waals surface area contributed by atoms with E-state index in [-0.39, 0.29) is 61.3 Å². The molecule has 2 N–H and O–H groups in total. The topological polar surface area (TPSA) is 235 Å². The lowest BCUT2D eigenvalue weighted by Crippen LogP contribution is -2.50. The Kier molecular flexibility index (Phi) is 30.4. The van der Waals surface area contributed by atoms with Gasteiger partial charge in [-0.1, -0.05) is 75.2 Å². The van der Waals surface area contributed by atoms with E-state index in [0.29, 0.717) is 119 Å². The molecule has 0 aromatic heterocycles. The van der Waals surface area contributed by atoms with Gasteiger partial charge in [-0.05, 0) is 173 Å². The maximum atomic E-state index is 13.4. The molecule has 4 amide bonds. The highest BCUT2D eigenvalue weighted by atomic mass is 35.5. The van der Waals surface area contributed by atoms with E-state index >= 15 is 0 Å². The molecular formula is C74H100Cl2N8O12S2. The number of carbonyl (C=O) groups excluding carboxylic acids is 4. The van der Waals surface area contributed by atoms with Crippen molar-refractivity contribution in [1.29, 1.82) is 0 Å².